The smallest absolute Gasteiger partial charge is 0.335 e. The molecule has 1 aliphatic carbocycles. The first-order chi connectivity index (χ1) is 17.4. The molecule has 36 heavy (non-hydrogen) atoms. The van der Waals surface area contributed by atoms with Gasteiger partial charge in [0.1, 0.15) is 5.82 Å². The lowest BCUT2D eigenvalue weighted by Crippen LogP contribution is -2.37. The van der Waals surface area contributed by atoms with Crippen molar-refractivity contribution in [2.24, 2.45) is 0 Å². The van der Waals surface area contributed by atoms with E-state index in [0.29, 0.717) is 24.9 Å². The minimum absolute atomic E-state index is 0.0141. The van der Waals surface area contributed by atoms with Gasteiger partial charge in [-0.15, -0.1) is 0 Å². The van der Waals surface area contributed by atoms with Crippen molar-refractivity contribution in [1.29, 1.82) is 0 Å². The highest BCUT2D eigenvalue weighted by atomic mass is 19.1. The summed E-state index contributed by atoms with van der Waals surface area (Å²) in [5, 5.41) is 9.11. The fourth-order valence-electron chi connectivity index (χ4n) is 5.00. The highest BCUT2D eigenvalue weighted by Crippen LogP contribution is 2.45. The third-order valence-electron chi connectivity index (χ3n) is 7.05. The molecule has 5 rings (SSSR count). The molecule has 8 heteroatoms. The molecular weight excluding hydrogens is 461 g/mol. The van der Waals surface area contributed by atoms with Crippen LogP contribution in [0, 0.1) is 5.82 Å². The van der Waals surface area contributed by atoms with Crippen molar-refractivity contribution in [3.8, 4) is 17.1 Å². The molecular formula is C28H30FN3O4. The number of benzene rings is 1. The zero-order chi connectivity index (χ0) is 25.2. The number of likely N-dealkylation sites (tertiary alicyclic amines) is 1. The van der Waals surface area contributed by atoms with Gasteiger partial charge < -0.3 is 14.4 Å². The van der Waals surface area contributed by atoms with Crippen LogP contribution in [0.5, 0.6) is 5.88 Å². The number of halogens is 1. The fourth-order valence-corrected chi connectivity index (χ4v) is 5.00. The monoisotopic (exact) mass is 491 g/mol. The van der Waals surface area contributed by atoms with Gasteiger partial charge in [-0.25, -0.2) is 14.2 Å². The van der Waals surface area contributed by atoms with Gasteiger partial charge >= 0.3 is 5.97 Å². The van der Waals surface area contributed by atoms with Crippen molar-refractivity contribution in [2.45, 2.75) is 51.1 Å². The Labute approximate surface area is 209 Å². The van der Waals surface area contributed by atoms with Gasteiger partial charge in [-0.3, -0.25) is 9.69 Å². The average molecular weight is 492 g/mol. The van der Waals surface area contributed by atoms with Gasteiger partial charge in [0.05, 0.1) is 17.9 Å². The lowest BCUT2D eigenvalue weighted by molar-refractivity contribution is 0.0696. The molecule has 0 radical (unpaired) electrons. The Kier molecular flexibility index (Phi) is 6.87. The van der Waals surface area contributed by atoms with Crippen LogP contribution in [0.15, 0.2) is 53.5 Å². The van der Waals surface area contributed by atoms with E-state index in [1.54, 1.807) is 22.9 Å². The molecule has 2 fully saturated rings. The molecule has 0 bridgehead atoms. The maximum atomic E-state index is 13.5. The summed E-state index contributed by atoms with van der Waals surface area (Å²) in [5.41, 5.74) is 3.74. The van der Waals surface area contributed by atoms with E-state index >= 15 is 0 Å². The minimum Gasteiger partial charge on any atom is -0.478 e. The van der Waals surface area contributed by atoms with Crippen molar-refractivity contribution < 1.29 is 19.0 Å². The van der Waals surface area contributed by atoms with E-state index < -0.39 is 5.97 Å². The Bertz CT molecular complexity index is 1310. The molecule has 1 N–H and O–H groups in total. The Balaban J connectivity index is 1.34. The highest BCUT2D eigenvalue weighted by Gasteiger charge is 2.30. The lowest BCUT2D eigenvalue weighted by Gasteiger charge is -2.33. The topological polar surface area (TPSA) is 84.7 Å². The van der Waals surface area contributed by atoms with Gasteiger partial charge in [-0.2, -0.15) is 0 Å². The van der Waals surface area contributed by atoms with Crippen molar-refractivity contribution in [3.05, 3.63) is 81.5 Å². The number of nitrogens with zero attached hydrogens (tertiary/aromatic N) is 3. The normalized spacial score (nSPS) is 16.7. The summed E-state index contributed by atoms with van der Waals surface area (Å²) in [5.74, 6) is -0.275. The fraction of sp³-hybridized carbons (Fsp3) is 0.393. The van der Waals surface area contributed by atoms with Gasteiger partial charge in [0.15, 0.2) is 0 Å². The molecule has 0 spiro atoms. The number of pyridine rings is 2. The third kappa shape index (κ3) is 5.18. The summed E-state index contributed by atoms with van der Waals surface area (Å²) in [4.78, 5) is 30.8. The molecule has 2 aromatic heterocycles. The van der Waals surface area contributed by atoms with Gasteiger partial charge in [0.25, 0.3) is 5.56 Å². The van der Waals surface area contributed by atoms with Crippen LogP contribution >= 0.6 is 0 Å². The van der Waals surface area contributed by atoms with Crippen molar-refractivity contribution >= 4 is 5.97 Å². The number of hydrogen-bond donors (Lipinski definition) is 1. The summed E-state index contributed by atoms with van der Waals surface area (Å²) in [6.45, 7) is 4.76. The first-order valence-electron chi connectivity index (χ1n) is 12.5. The quantitative estimate of drug-likeness (QED) is 0.484. The zero-order valence-corrected chi connectivity index (χ0v) is 20.3. The molecule has 0 atom stereocenters. The molecule has 7 nitrogen and oxygen atoms in total. The molecule has 3 heterocycles. The molecule has 3 aromatic rings. The number of rotatable bonds is 8. The van der Waals surface area contributed by atoms with Crippen LogP contribution in [0.4, 0.5) is 4.39 Å². The third-order valence-corrected chi connectivity index (χ3v) is 7.05. The number of hydrogen-bond acceptors (Lipinski definition) is 5. The second-order valence-electron chi connectivity index (χ2n) is 9.58. The van der Waals surface area contributed by atoms with E-state index in [2.05, 4.69) is 11.0 Å². The number of carboxylic acids is 1. The zero-order valence-electron chi connectivity index (χ0n) is 20.3. The second-order valence-corrected chi connectivity index (χ2v) is 9.58. The van der Waals surface area contributed by atoms with Crippen molar-refractivity contribution in [2.75, 3.05) is 19.7 Å². The summed E-state index contributed by atoms with van der Waals surface area (Å²) in [7, 11) is 0. The number of aromatic carboxylic acids is 1. The molecule has 1 saturated heterocycles. The summed E-state index contributed by atoms with van der Waals surface area (Å²) in [6, 6.07) is 11.4. The lowest BCUT2D eigenvalue weighted by atomic mass is 9.99. The van der Waals surface area contributed by atoms with Crippen LogP contribution in [0.3, 0.4) is 0 Å². The Hall–Kier alpha value is -3.52. The minimum atomic E-state index is -1.09. The number of piperidine rings is 1. The maximum Gasteiger partial charge on any atom is 0.335 e. The van der Waals surface area contributed by atoms with E-state index in [1.165, 1.54) is 29.8 Å². The molecule has 0 unspecified atom stereocenters. The Morgan fingerprint density at radius 1 is 1.11 bits per heavy atom. The van der Waals surface area contributed by atoms with Crippen LogP contribution in [0.25, 0.3) is 11.3 Å². The first-order valence-corrected chi connectivity index (χ1v) is 12.5. The predicted octanol–water partition coefficient (Wildman–Crippen LogP) is 4.86. The van der Waals surface area contributed by atoms with Crippen LogP contribution in [-0.2, 0) is 6.54 Å². The molecule has 188 valence electrons. The number of carbonyl (C=O) groups is 1. The first kappa shape index (κ1) is 24.2. The number of carboxylic acid groups (broad SMARTS) is 1. The Morgan fingerprint density at radius 2 is 1.83 bits per heavy atom. The van der Waals surface area contributed by atoms with Crippen molar-refractivity contribution in [1.82, 2.24) is 14.5 Å². The molecule has 0 amide bonds. The molecule has 2 aliphatic rings. The number of ether oxygens (including phenoxy) is 1. The van der Waals surface area contributed by atoms with Crippen LogP contribution in [0.1, 0.15) is 66.1 Å². The standard InChI is InChI=1S/C28H30FN3O4/c1-2-36-27-21(15-24(18-3-4-18)26(30-27)19-5-7-22(29)8-6-19)17-31-12-10-23(11-13-31)32-14-9-20(28(34)35)16-25(32)33/h5-9,14-16,18,23H,2-4,10-13,17H2,1H3,(H,34,35). The summed E-state index contributed by atoms with van der Waals surface area (Å²) in [6.07, 6.45) is 5.45. The van der Waals surface area contributed by atoms with Crippen LogP contribution < -0.4 is 10.3 Å². The maximum absolute atomic E-state index is 13.5. The van der Waals surface area contributed by atoms with Gasteiger partial charge in [0.2, 0.25) is 5.88 Å². The Morgan fingerprint density at radius 3 is 2.44 bits per heavy atom. The molecule has 1 saturated carbocycles. The average Bonchev–Trinajstić information content (AvgIpc) is 3.71. The second kappa shape index (κ2) is 10.2. The molecule has 1 aliphatic heterocycles. The predicted molar refractivity (Wildman–Crippen MR) is 134 cm³/mol. The van der Waals surface area contributed by atoms with E-state index in [0.717, 1.165) is 55.6 Å². The van der Waals surface area contributed by atoms with E-state index in [-0.39, 0.29) is 23.0 Å². The van der Waals surface area contributed by atoms with Gasteiger partial charge in [0, 0.05) is 49.1 Å². The van der Waals surface area contributed by atoms with Crippen LogP contribution in [0.2, 0.25) is 0 Å². The van der Waals surface area contributed by atoms with Crippen LogP contribution in [-0.4, -0.2) is 45.2 Å². The van der Waals surface area contributed by atoms with E-state index in [4.69, 9.17) is 14.8 Å². The van der Waals surface area contributed by atoms with Gasteiger partial charge in [-0.05, 0) is 80.5 Å². The largest absolute Gasteiger partial charge is 0.478 e. The summed E-state index contributed by atoms with van der Waals surface area (Å²) >= 11 is 0. The summed E-state index contributed by atoms with van der Waals surface area (Å²) < 4.78 is 21.1. The number of aromatic nitrogens is 2. The SMILES string of the molecule is CCOc1nc(-c2ccc(F)cc2)c(C2CC2)cc1CN1CCC(n2ccc(C(=O)O)cc2=O)CC1. The highest BCUT2D eigenvalue weighted by molar-refractivity contribution is 5.87. The van der Waals surface area contributed by atoms with Crippen molar-refractivity contribution in [3.63, 3.8) is 0 Å². The molecule has 1 aromatic carbocycles. The van der Waals surface area contributed by atoms with Gasteiger partial charge in [-0.1, -0.05) is 0 Å². The van der Waals surface area contributed by atoms with E-state index in [1.807, 2.05) is 6.92 Å². The van der Waals surface area contributed by atoms with E-state index in [9.17, 15) is 14.0 Å².